The van der Waals surface area contributed by atoms with Crippen molar-refractivity contribution in [1.82, 2.24) is 20.4 Å². The second kappa shape index (κ2) is 7.04. The minimum absolute atomic E-state index is 0.510. The standard InChI is InChI=1S/C14H26N4O2/c1-11-9-17(11)7-3-5-15-13(19)14(20)16-6-4-8-18-10-12(18)2/h11-12H,3-10H2,1-2H3,(H,15,19)(H,16,20). The Labute approximate surface area is 120 Å². The smallest absolute Gasteiger partial charge is 0.309 e. The average molecular weight is 282 g/mol. The van der Waals surface area contributed by atoms with Gasteiger partial charge in [-0.3, -0.25) is 19.4 Å². The largest absolute Gasteiger partial charge is 0.348 e. The minimum atomic E-state index is -0.510. The summed E-state index contributed by atoms with van der Waals surface area (Å²) in [6.45, 7) is 9.82. The van der Waals surface area contributed by atoms with E-state index in [4.69, 9.17) is 0 Å². The highest BCUT2D eigenvalue weighted by Gasteiger charge is 2.28. The van der Waals surface area contributed by atoms with Crippen LogP contribution in [0.1, 0.15) is 26.7 Å². The third kappa shape index (κ3) is 5.09. The molecule has 2 rings (SSSR count). The van der Waals surface area contributed by atoms with E-state index in [1.807, 2.05) is 0 Å². The molecule has 0 spiro atoms. The molecule has 4 atom stereocenters. The number of hydrogen-bond acceptors (Lipinski definition) is 4. The lowest BCUT2D eigenvalue weighted by Crippen LogP contribution is -2.41. The van der Waals surface area contributed by atoms with E-state index in [-0.39, 0.29) is 0 Å². The zero-order valence-electron chi connectivity index (χ0n) is 12.5. The van der Waals surface area contributed by atoms with Crippen LogP contribution in [0, 0.1) is 0 Å². The predicted octanol–water partition coefficient (Wildman–Crippen LogP) is -0.593. The molecule has 6 nitrogen and oxygen atoms in total. The van der Waals surface area contributed by atoms with Crippen LogP contribution in [0.4, 0.5) is 0 Å². The van der Waals surface area contributed by atoms with E-state index in [2.05, 4.69) is 34.3 Å². The van der Waals surface area contributed by atoms with E-state index < -0.39 is 11.8 Å². The first kappa shape index (κ1) is 15.3. The minimum Gasteiger partial charge on any atom is -0.348 e. The fourth-order valence-electron chi connectivity index (χ4n) is 2.34. The molecule has 2 amide bonds. The summed E-state index contributed by atoms with van der Waals surface area (Å²) in [5, 5.41) is 5.32. The zero-order valence-corrected chi connectivity index (χ0v) is 12.5. The van der Waals surface area contributed by atoms with E-state index in [1.165, 1.54) is 0 Å². The van der Waals surface area contributed by atoms with Gasteiger partial charge in [-0.2, -0.15) is 0 Å². The molecule has 0 aromatic heterocycles. The Morgan fingerprint density at radius 1 is 0.900 bits per heavy atom. The quantitative estimate of drug-likeness (QED) is 0.355. The Kier molecular flexibility index (Phi) is 5.37. The molecule has 4 unspecified atom stereocenters. The Morgan fingerprint density at radius 2 is 1.25 bits per heavy atom. The van der Waals surface area contributed by atoms with Crippen LogP contribution in [0.15, 0.2) is 0 Å². The van der Waals surface area contributed by atoms with Gasteiger partial charge in [0.2, 0.25) is 0 Å². The number of nitrogens with zero attached hydrogens (tertiary/aromatic N) is 2. The van der Waals surface area contributed by atoms with Gasteiger partial charge < -0.3 is 10.6 Å². The average Bonchev–Trinajstić information content (AvgIpc) is 3.30. The topological polar surface area (TPSA) is 64.2 Å². The lowest BCUT2D eigenvalue weighted by molar-refractivity contribution is -0.139. The normalized spacial score (nSPS) is 30.7. The zero-order chi connectivity index (χ0) is 14.5. The van der Waals surface area contributed by atoms with Crippen LogP contribution in [0.25, 0.3) is 0 Å². The first-order valence-electron chi connectivity index (χ1n) is 7.62. The highest BCUT2D eigenvalue weighted by molar-refractivity contribution is 6.35. The second-order valence-electron chi connectivity index (χ2n) is 5.91. The van der Waals surface area contributed by atoms with Crippen LogP contribution in [0.3, 0.4) is 0 Å². The summed E-state index contributed by atoms with van der Waals surface area (Å²) >= 11 is 0. The summed E-state index contributed by atoms with van der Waals surface area (Å²) in [7, 11) is 0. The maximum absolute atomic E-state index is 11.5. The Morgan fingerprint density at radius 3 is 1.55 bits per heavy atom. The second-order valence-corrected chi connectivity index (χ2v) is 5.91. The molecule has 114 valence electrons. The van der Waals surface area contributed by atoms with Crippen molar-refractivity contribution in [2.75, 3.05) is 39.3 Å². The molecule has 2 heterocycles. The number of amides is 2. The summed E-state index contributed by atoms with van der Waals surface area (Å²) in [4.78, 5) is 27.7. The Bertz CT molecular complexity index is 327. The lowest BCUT2D eigenvalue weighted by Gasteiger charge is -2.07. The fraction of sp³-hybridized carbons (Fsp3) is 0.857. The highest BCUT2D eigenvalue weighted by atomic mass is 16.2. The molecule has 2 aliphatic rings. The van der Waals surface area contributed by atoms with Gasteiger partial charge in [0.05, 0.1) is 0 Å². The molecule has 2 fully saturated rings. The van der Waals surface area contributed by atoms with Crippen molar-refractivity contribution in [3.63, 3.8) is 0 Å². The molecule has 0 radical (unpaired) electrons. The molecular weight excluding hydrogens is 256 g/mol. The van der Waals surface area contributed by atoms with E-state index in [0.29, 0.717) is 25.2 Å². The van der Waals surface area contributed by atoms with Gasteiger partial charge >= 0.3 is 11.8 Å². The number of carbonyl (C=O) groups is 2. The summed E-state index contributed by atoms with van der Waals surface area (Å²) in [5.41, 5.74) is 0. The first-order chi connectivity index (χ1) is 9.58. The van der Waals surface area contributed by atoms with Crippen molar-refractivity contribution in [2.45, 2.75) is 38.8 Å². The van der Waals surface area contributed by atoms with Gasteiger partial charge in [-0.05, 0) is 26.7 Å². The molecule has 2 N–H and O–H groups in total. The van der Waals surface area contributed by atoms with Crippen molar-refractivity contribution < 1.29 is 9.59 Å². The van der Waals surface area contributed by atoms with Gasteiger partial charge in [0.15, 0.2) is 0 Å². The van der Waals surface area contributed by atoms with E-state index in [0.717, 1.165) is 39.0 Å². The monoisotopic (exact) mass is 282 g/mol. The van der Waals surface area contributed by atoms with Crippen molar-refractivity contribution in [3.8, 4) is 0 Å². The van der Waals surface area contributed by atoms with Gasteiger partial charge in [-0.1, -0.05) is 0 Å². The molecule has 20 heavy (non-hydrogen) atoms. The molecular formula is C14H26N4O2. The lowest BCUT2D eigenvalue weighted by atomic mass is 10.4. The highest BCUT2D eigenvalue weighted by Crippen LogP contribution is 2.15. The van der Waals surface area contributed by atoms with E-state index in [1.54, 1.807) is 0 Å². The van der Waals surface area contributed by atoms with Crippen molar-refractivity contribution in [1.29, 1.82) is 0 Å². The molecule has 2 aliphatic heterocycles. The van der Waals surface area contributed by atoms with Gasteiger partial charge in [-0.15, -0.1) is 0 Å². The summed E-state index contributed by atoms with van der Waals surface area (Å²) < 4.78 is 0. The van der Waals surface area contributed by atoms with Crippen LogP contribution in [0.5, 0.6) is 0 Å². The molecule has 0 aromatic carbocycles. The summed E-state index contributed by atoms with van der Waals surface area (Å²) in [5.74, 6) is -1.02. The molecule has 0 bridgehead atoms. The molecule has 6 heteroatoms. The third-order valence-corrected chi connectivity index (χ3v) is 4.00. The molecule has 0 aromatic rings. The van der Waals surface area contributed by atoms with Crippen molar-refractivity contribution in [3.05, 3.63) is 0 Å². The van der Waals surface area contributed by atoms with Crippen LogP contribution in [-0.4, -0.2) is 73.0 Å². The number of nitrogens with one attached hydrogen (secondary N) is 2. The summed E-state index contributed by atoms with van der Waals surface area (Å²) in [6, 6.07) is 1.39. The first-order valence-corrected chi connectivity index (χ1v) is 7.62. The van der Waals surface area contributed by atoms with Gasteiger partial charge in [-0.25, -0.2) is 0 Å². The molecule has 0 saturated carbocycles. The maximum atomic E-state index is 11.5. The van der Waals surface area contributed by atoms with Crippen molar-refractivity contribution >= 4 is 11.8 Å². The Balaban J connectivity index is 1.43. The SMILES string of the molecule is CC1CN1CCCNC(=O)C(=O)NCCCN1CC1C. The maximum Gasteiger partial charge on any atom is 0.309 e. The van der Waals surface area contributed by atoms with Crippen LogP contribution >= 0.6 is 0 Å². The number of rotatable bonds is 8. The number of hydrogen-bond donors (Lipinski definition) is 2. The van der Waals surface area contributed by atoms with E-state index >= 15 is 0 Å². The van der Waals surface area contributed by atoms with Crippen LogP contribution in [-0.2, 0) is 9.59 Å². The van der Waals surface area contributed by atoms with E-state index in [9.17, 15) is 9.59 Å². The Hall–Kier alpha value is -1.14. The fourth-order valence-corrected chi connectivity index (χ4v) is 2.34. The predicted molar refractivity (Wildman–Crippen MR) is 77.3 cm³/mol. The molecule has 0 aliphatic carbocycles. The van der Waals surface area contributed by atoms with Crippen molar-refractivity contribution in [2.24, 2.45) is 0 Å². The van der Waals surface area contributed by atoms with Gasteiger partial charge in [0, 0.05) is 51.4 Å². The number of carbonyl (C=O) groups excluding carboxylic acids is 2. The summed E-state index contributed by atoms with van der Waals surface area (Å²) in [6.07, 6.45) is 1.80. The van der Waals surface area contributed by atoms with Gasteiger partial charge in [0.1, 0.15) is 0 Å². The third-order valence-electron chi connectivity index (χ3n) is 4.00. The van der Waals surface area contributed by atoms with Gasteiger partial charge in [0.25, 0.3) is 0 Å². The van der Waals surface area contributed by atoms with Crippen LogP contribution in [0.2, 0.25) is 0 Å². The van der Waals surface area contributed by atoms with Crippen LogP contribution < -0.4 is 10.6 Å². The molecule has 2 saturated heterocycles.